The minimum atomic E-state index is -0.974. The molecule has 1 aliphatic heterocycles. The minimum absolute atomic E-state index is 0.0767. The van der Waals surface area contributed by atoms with E-state index in [2.05, 4.69) is 0 Å². The zero-order valence-electron chi connectivity index (χ0n) is 13.2. The van der Waals surface area contributed by atoms with Crippen LogP contribution in [0.25, 0.3) is 6.08 Å². The Kier molecular flexibility index (Phi) is 6.24. The van der Waals surface area contributed by atoms with Gasteiger partial charge in [0.1, 0.15) is 6.10 Å². The molecule has 1 fully saturated rings. The van der Waals surface area contributed by atoms with Crippen LogP contribution in [-0.4, -0.2) is 31.9 Å². The lowest BCUT2D eigenvalue weighted by molar-refractivity contribution is -0.137. The lowest BCUT2D eigenvalue weighted by atomic mass is 9.99. The predicted molar refractivity (Wildman–Crippen MR) is 80.7 cm³/mol. The van der Waals surface area contributed by atoms with Gasteiger partial charge in [-0.05, 0) is 42.7 Å². The lowest BCUT2D eigenvalue weighted by Gasteiger charge is -2.19. The van der Waals surface area contributed by atoms with Crippen molar-refractivity contribution in [1.29, 1.82) is 0 Å². The highest BCUT2D eigenvalue weighted by molar-refractivity contribution is 5.87. The van der Waals surface area contributed by atoms with Crippen molar-refractivity contribution in [3.8, 4) is 0 Å². The molecule has 1 aromatic carbocycles. The fourth-order valence-corrected chi connectivity index (χ4v) is 2.16. The Hall–Kier alpha value is -1.79. The lowest BCUT2D eigenvalue weighted by Crippen LogP contribution is -2.10. The van der Waals surface area contributed by atoms with Crippen LogP contribution in [0.5, 0.6) is 0 Å². The predicted octanol–water partition coefficient (Wildman–Crippen LogP) is 3.41. The zero-order valence-corrected chi connectivity index (χ0v) is 13.2. The van der Waals surface area contributed by atoms with E-state index in [9.17, 15) is 13.6 Å². The van der Waals surface area contributed by atoms with E-state index in [1.807, 2.05) is 6.92 Å². The number of epoxide rings is 1. The van der Waals surface area contributed by atoms with Crippen molar-refractivity contribution < 1.29 is 27.8 Å². The number of carbonyl (C=O) groups excluding carboxylic acids is 1. The fourth-order valence-electron chi connectivity index (χ4n) is 2.16. The van der Waals surface area contributed by atoms with Gasteiger partial charge in [0.2, 0.25) is 0 Å². The normalized spacial score (nSPS) is 18.2. The maximum Gasteiger partial charge on any atom is 0.330 e. The van der Waals surface area contributed by atoms with Crippen LogP contribution in [0.15, 0.2) is 18.2 Å². The second kappa shape index (κ2) is 8.17. The van der Waals surface area contributed by atoms with Crippen LogP contribution in [0.1, 0.15) is 37.5 Å². The molecular weight excluding hydrogens is 306 g/mol. The van der Waals surface area contributed by atoms with Gasteiger partial charge in [-0.25, -0.2) is 13.6 Å². The van der Waals surface area contributed by atoms with Crippen molar-refractivity contribution in [3.63, 3.8) is 0 Å². The van der Waals surface area contributed by atoms with Crippen molar-refractivity contribution in [2.45, 2.75) is 32.5 Å². The third-order valence-corrected chi connectivity index (χ3v) is 3.41. The number of benzene rings is 1. The Morgan fingerprint density at radius 2 is 2.09 bits per heavy atom. The second-order valence-electron chi connectivity index (χ2n) is 5.17. The molecule has 2 atom stereocenters. The first-order valence-electron chi connectivity index (χ1n) is 7.62. The van der Waals surface area contributed by atoms with E-state index < -0.39 is 23.7 Å². The largest absolute Gasteiger partial charge is 0.463 e. The molecule has 23 heavy (non-hydrogen) atoms. The van der Waals surface area contributed by atoms with Gasteiger partial charge in [0.25, 0.3) is 0 Å². The standard InChI is InChI=1S/C17H20F2O4/c1-3-16(23-10-12-9-22-12)13-8-15(19)14(18)7-11(13)5-6-17(20)21-4-2/h5-8,12,16H,3-4,9-10H2,1-2H3/b6-5+/t12?,16-/m1/s1. The van der Waals surface area contributed by atoms with Crippen molar-refractivity contribution in [2.75, 3.05) is 19.8 Å². The number of ether oxygens (including phenoxy) is 3. The summed E-state index contributed by atoms with van der Waals surface area (Å²) in [6, 6.07) is 2.17. The van der Waals surface area contributed by atoms with Crippen molar-refractivity contribution in [1.82, 2.24) is 0 Å². The number of hydrogen-bond donors (Lipinski definition) is 0. The van der Waals surface area contributed by atoms with Crippen LogP contribution in [-0.2, 0) is 19.0 Å². The van der Waals surface area contributed by atoms with Gasteiger partial charge in [0.05, 0.1) is 25.9 Å². The maximum atomic E-state index is 13.6. The topological polar surface area (TPSA) is 48.1 Å². The van der Waals surface area contributed by atoms with Gasteiger partial charge >= 0.3 is 5.97 Å². The molecule has 2 rings (SSSR count). The van der Waals surface area contributed by atoms with E-state index in [-0.39, 0.29) is 12.7 Å². The summed E-state index contributed by atoms with van der Waals surface area (Å²) in [4.78, 5) is 11.4. The highest BCUT2D eigenvalue weighted by Crippen LogP contribution is 2.29. The quantitative estimate of drug-likeness (QED) is 0.417. The summed E-state index contributed by atoms with van der Waals surface area (Å²) in [5.74, 6) is -2.46. The van der Waals surface area contributed by atoms with E-state index in [0.29, 0.717) is 30.8 Å². The van der Waals surface area contributed by atoms with Crippen LogP contribution in [0.3, 0.4) is 0 Å². The van der Waals surface area contributed by atoms with E-state index in [1.54, 1.807) is 6.92 Å². The van der Waals surface area contributed by atoms with Crippen LogP contribution in [0, 0.1) is 11.6 Å². The van der Waals surface area contributed by atoms with E-state index in [0.717, 1.165) is 12.1 Å². The Balaban J connectivity index is 2.23. The summed E-state index contributed by atoms with van der Waals surface area (Å²) in [5.41, 5.74) is 0.883. The molecule has 1 unspecified atom stereocenters. The van der Waals surface area contributed by atoms with Crippen molar-refractivity contribution >= 4 is 12.0 Å². The first kappa shape index (κ1) is 17.6. The Morgan fingerprint density at radius 3 is 2.70 bits per heavy atom. The molecule has 0 amide bonds. The number of carbonyl (C=O) groups is 1. The molecule has 4 nitrogen and oxygen atoms in total. The Bertz CT molecular complexity index is 582. The molecule has 0 spiro atoms. The minimum Gasteiger partial charge on any atom is -0.463 e. The second-order valence-corrected chi connectivity index (χ2v) is 5.17. The highest BCUT2D eigenvalue weighted by atomic mass is 19.2. The summed E-state index contributed by atoms with van der Waals surface area (Å²) < 4.78 is 42.8. The van der Waals surface area contributed by atoms with Gasteiger partial charge in [-0.2, -0.15) is 0 Å². The summed E-state index contributed by atoms with van der Waals surface area (Å²) in [6.45, 7) is 4.88. The van der Waals surface area contributed by atoms with E-state index in [1.165, 1.54) is 12.2 Å². The first-order chi connectivity index (χ1) is 11.0. The number of hydrogen-bond acceptors (Lipinski definition) is 4. The van der Waals surface area contributed by atoms with Gasteiger partial charge in [0.15, 0.2) is 11.6 Å². The van der Waals surface area contributed by atoms with Crippen molar-refractivity contribution in [3.05, 3.63) is 41.0 Å². The third-order valence-electron chi connectivity index (χ3n) is 3.41. The van der Waals surface area contributed by atoms with Crippen LogP contribution in [0.4, 0.5) is 8.78 Å². The van der Waals surface area contributed by atoms with Gasteiger partial charge < -0.3 is 14.2 Å². The number of esters is 1. The first-order valence-corrected chi connectivity index (χ1v) is 7.62. The molecule has 6 heteroatoms. The average Bonchev–Trinajstić information content (AvgIpc) is 3.34. The molecular formula is C17H20F2O4. The summed E-state index contributed by atoms with van der Waals surface area (Å²) in [7, 11) is 0. The molecule has 0 bridgehead atoms. The molecule has 126 valence electrons. The smallest absolute Gasteiger partial charge is 0.330 e. The summed E-state index contributed by atoms with van der Waals surface area (Å²) in [6.07, 6.45) is 2.85. The van der Waals surface area contributed by atoms with Crippen LogP contribution in [0.2, 0.25) is 0 Å². The molecule has 0 aromatic heterocycles. The van der Waals surface area contributed by atoms with Crippen molar-refractivity contribution in [2.24, 2.45) is 0 Å². The SMILES string of the molecule is CCOC(=O)/C=C/c1cc(F)c(F)cc1[C@@H](CC)OCC1CO1. The van der Waals surface area contributed by atoms with Crippen LogP contribution < -0.4 is 0 Å². The zero-order chi connectivity index (χ0) is 16.8. The molecule has 1 aliphatic rings. The van der Waals surface area contributed by atoms with Gasteiger partial charge in [-0.1, -0.05) is 6.92 Å². The third kappa shape index (κ3) is 5.11. The Morgan fingerprint density at radius 1 is 1.39 bits per heavy atom. The molecule has 0 saturated carbocycles. The van der Waals surface area contributed by atoms with Gasteiger partial charge in [-0.3, -0.25) is 0 Å². The summed E-state index contributed by atoms with van der Waals surface area (Å²) >= 11 is 0. The molecule has 0 N–H and O–H groups in total. The van der Waals surface area contributed by atoms with E-state index in [4.69, 9.17) is 14.2 Å². The van der Waals surface area contributed by atoms with Crippen LogP contribution >= 0.6 is 0 Å². The number of halogens is 2. The van der Waals surface area contributed by atoms with E-state index >= 15 is 0 Å². The number of rotatable bonds is 8. The van der Waals surface area contributed by atoms with Gasteiger partial charge in [0, 0.05) is 6.08 Å². The monoisotopic (exact) mass is 326 g/mol. The van der Waals surface area contributed by atoms with Gasteiger partial charge in [-0.15, -0.1) is 0 Å². The molecule has 0 aliphatic carbocycles. The average molecular weight is 326 g/mol. The maximum absolute atomic E-state index is 13.6. The molecule has 0 radical (unpaired) electrons. The highest BCUT2D eigenvalue weighted by Gasteiger charge is 2.25. The molecule has 1 aromatic rings. The fraction of sp³-hybridized carbons (Fsp3) is 0.471. The Labute approximate surface area is 134 Å². The summed E-state index contributed by atoms with van der Waals surface area (Å²) in [5, 5.41) is 0. The molecule has 1 saturated heterocycles. The molecule has 1 heterocycles.